The second-order valence-corrected chi connectivity index (χ2v) is 7.06. The van der Waals surface area contributed by atoms with Gasteiger partial charge in [0.15, 0.2) is 5.16 Å². The smallest absolute Gasteiger partial charge is 0.240 e. The third-order valence-corrected chi connectivity index (χ3v) is 5.10. The zero-order chi connectivity index (χ0) is 15.5. The fraction of sp³-hybridized carbons (Fsp3) is 0.231. The Labute approximate surface area is 128 Å². The molecule has 3 N–H and O–H groups in total. The van der Waals surface area contributed by atoms with E-state index in [2.05, 4.69) is 14.7 Å². The molecule has 1 aromatic carbocycles. The normalized spacial score (nSPS) is 11.5. The molecule has 0 aliphatic heterocycles. The van der Waals surface area contributed by atoms with Crippen molar-refractivity contribution >= 4 is 27.5 Å². The highest BCUT2D eigenvalue weighted by molar-refractivity contribution is 7.99. The molecule has 112 valence electrons. The van der Waals surface area contributed by atoms with Crippen LogP contribution in [0.4, 0.5) is 5.69 Å². The summed E-state index contributed by atoms with van der Waals surface area (Å²) in [7, 11) is -3.51. The van der Waals surface area contributed by atoms with Gasteiger partial charge in [-0.05, 0) is 43.0 Å². The Hall–Kier alpha value is -1.64. The molecule has 2 rings (SSSR count). The Balaban J connectivity index is 2.36. The molecule has 8 heteroatoms. The van der Waals surface area contributed by atoms with Crippen LogP contribution < -0.4 is 10.5 Å². The van der Waals surface area contributed by atoms with Gasteiger partial charge in [0.25, 0.3) is 0 Å². The number of nitrogen functional groups attached to an aromatic ring is 1. The Morgan fingerprint density at radius 1 is 1.33 bits per heavy atom. The second-order valence-electron chi connectivity index (χ2n) is 4.28. The Bertz CT molecular complexity index is 748. The van der Waals surface area contributed by atoms with Crippen molar-refractivity contribution in [2.45, 2.75) is 28.8 Å². The molecule has 0 bridgehead atoms. The third kappa shape index (κ3) is 3.93. The number of hydrogen-bond acceptors (Lipinski definition) is 6. The maximum absolute atomic E-state index is 12.0. The van der Waals surface area contributed by atoms with Gasteiger partial charge in [0.1, 0.15) is 0 Å². The van der Waals surface area contributed by atoms with Crippen LogP contribution >= 0.6 is 11.8 Å². The number of sulfonamides is 1. The highest BCUT2D eigenvalue weighted by Gasteiger charge is 2.15. The summed E-state index contributed by atoms with van der Waals surface area (Å²) in [6, 6.07) is 6.37. The van der Waals surface area contributed by atoms with E-state index < -0.39 is 10.0 Å². The lowest BCUT2D eigenvalue weighted by atomic mass is 10.3. The van der Waals surface area contributed by atoms with E-state index in [9.17, 15) is 8.42 Å². The van der Waals surface area contributed by atoms with Gasteiger partial charge in [0.2, 0.25) is 10.0 Å². The van der Waals surface area contributed by atoms with Gasteiger partial charge in [0, 0.05) is 29.0 Å². The van der Waals surface area contributed by atoms with Crippen LogP contribution in [-0.2, 0) is 10.0 Å². The molecule has 0 saturated heterocycles. The van der Waals surface area contributed by atoms with Crippen LogP contribution in [0, 0.1) is 6.92 Å². The zero-order valence-corrected chi connectivity index (χ0v) is 13.3. The van der Waals surface area contributed by atoms with Crippen LogP contribution in [0.1, 0.15) is 12.6 Å². The minimum atomic E-state index is -3.51. The molecular formula is C13H16N4O2S2. The van der Waals surface area contributed by atoms with Crippen LogP contribution in [0.2, 0.25) is 0 Å². The monoisotopic (exact) mass is 324 g/mol. The summed E-state index contributed by atoms with van der Waals surface area (Å²) in [4.78, 5) is 9.19. The average molecular weight is 324 g/mol. The Morgan fingerprint density at radius 3 is 2.76 bits per heavy atom. The molecule has 0 aliphatic rings. The van der Waals surface area contributed by atoms with E-state index in [4.69, 9.17) is 5.73 Å². The van der Waals surface area contributed by atoms with Gasteiger partial charge in [-0.25, -0.2) is 23.1 Å². The average Bonchev–Trinajstić information content (AvgIpc) is 2.41. The highest BCUT2D eigenvalue weighted by atomic mass is 32.2. The number of hydrogen-bond donors (Lipinski definition) is 2. The van der Waals surface area contributed by atoms with E-state index in [0.29, 0.717) is 22.3 Å². The van der Waals surface area contributed by atoms with E-state index in [0.717, 1.165) is 5.69 Å². The molecule has 0 unspecified atom stereocenters. The summed E-state index contributed by atoms with van der Waals surface area (Å²) in [5, 5.41) is 0.527. The van der Waals surface area contributed by atoms with E-state index in [1.54, 1.807) is 25.3 Å². The lowest BCUT2D eigenvalue weighted by Gasteiger charge is -2.09. The first-order valence-corrected chi connectivity index (χ1v) is 8.59. The summed E-state index contributed by atoms with van der Waals surface area (Å²) in [5.74, 6) is 0. The molecular weight excluding hydrogens is 308 g/mol. The predicted molar refractivity (Wildman–Crippen MR) is 82.6 cm³/mol. The quantitative estimate of drug-likeness (QED) is 0.643. The van der Waals surface area contributed by atoms with Crippen LogP contribution in [0.25, 0.3) is 0 Å². The molecule has 0 fully saturated rings. The molecule has 1 aromatic heterocycles. The molecule has 21 heavy (non-hydrogen) atoms. The minimum Gasteiger partial charge on any atom is -0.398 e. The van der Waals surface area contributed by atoms with Crippen molar-refractivity contribution in [1.82, 2.24) is 14.7 Å². The maximum Gasteiger partial charge on any atom is 0.240 e. The van der Waals surface area contributed by atoms with Crippen molar-refractivity contribution in [3.05, 3.63) is 36.2 Å². The number of rotatable bonds is 5. The topological polar surface area (TPSA) is 98.0 Å². The van der Waals surface area contributed by atoms with Crippen LogP contribution in [0.5, 0.6) is 0 Å². The molecule has 0 radical (unpaired) electrons. The summed E-state index contributed by atoms with van der Waals surface area (Å²) in [5.41, 5.74) is 7.22. The zero-order valence-electron chi connectivity index (χ0n) is 11.7. The Morgan fingerprint density at radius 2 is 2.10 bits per heavy atom. The van der Waals surface area contributed by atoms with Crippen molar-refractivity contribution in [1.29, 1.82) is 0 Å². The van der Waals surface area contributed by atoms with E-state index >= 15 is 0 Å². The van der Waals surface area contributed by atoms with Crippen molar-refractivity contribution in [2.24, 2.45) is 0 Å². The van der Waals surface area contributed by atoms with Crippen molar-refractivity contribution < 1.29 is 8.42 Å². The van der Waals surface area contributed by atoms with E-state index in [1.165, 1.54) is 23.9 Å². The molecule has 0 atom stereocenters. The van der Waals surface area contributed by atoms with E-state index in [1.807, 2.05) is 6.92 Å². The molecule has 1 heterocycles. The standard InChI is InChI=1S/C13H16N4O2S2/c1-3-16-21(18,19)10-4-5-11(14)12(8-10)20-13-15-7-6-9(2)17-13/h4-8,16H,3,14H2,1-2H3. The van der Waals surface area contributed by atoms with Gasteiger partial charge in [-0.3, -0.25) is 0 Å². The first-order valence-electron chi connectivity index (χ1n) is 6.29. The molecule has 0 spiro atoms. The number of nitrogens with two attached hydrogens (primary N) is 1. The Kier molecular flexibility index (Phi) is 4.81. The van der Waals surface area contributed by atoms with Gasteiger partial charge in [-0.15, -0.1) is 0 Å². The van der Waals surface area contributed by atoms with Gasteiger partial charge in [0.05, 0.1) is 4.90 Å². The van der Waals surface area contributed by atoms with Crippen molar-refractivity contribution in [2.75, 3.05) is 12.3 Å². The molecule has 0 aliphatic carbocycles. The number of anilines is 1. The van der Waals surface area contributed by atoms with Crippen LogP contribution in [-0.4, -0.2) is 24.9 Å². The molecule has 6 nitrogen and oxygen atoms in total. The van der Waals surface area contributed by atoms with Crippen molar-refractivity contribution in [3.63, 3.8) is 0 Å². The summed E-state index contributed by atoms with van der Waals surface area (Å²) in [6.07, 6.45) is 1.65. The lowest BCUT2D eigenvalue weighted by molar-refractivity contribution is 0.583. The first kappa shape index (κ1) is 15.7. The SMILES string of the molecule is CCNS(=O)(=O)c1ccc(N)c(Sc2nccc(C)n2)c1. The number of nitrogens with one attached hydrogen (secondary N) is 1. The van der Waals surface area contributed by atoms with Gasteiger partial charge >= 0.3 is 0 Å². The summed E-state index contributed by atoms with van der Waals surface area (Å²) >= 11 is 1.24. The molecule has 2 aromatic rings. The van der Waals surface area contributed by atoms with Crippen LogP contribution in [0.15, 0.2) is 45.4 Å². The van der Waals surface area contributed by atoms with Gasteiger partial charge in [-0.1, -0.05) is 6.92 Å². The number of nitrogens with zero attached hydrogens (tertiary/aromatic N) is 2. The number of aryl methyl sites for hydroxylation is 1. The van der Waals surface area contributed by atoms with Gasteiger partial charge in [-0.2, -0.15) is 0 Å². The molecule has 0 amide bonds. The first-order chi connectivity index (χ1) is 9.92. The number of benzene rings is 1. The highest BCUT2D eigenvalue weighted by Crippen LogP contribution is 2.31. The largest absolute Gasteiger partial charge is 0.398 e. The molecule has 0 saturated carbocycles. The summed E-state index contributed by atoms with van der Waals surface area (Å²) < 4.78 is 26.5. The lowest BCUT2D eigenvalue weighted by Crippen LogP contribution is -2.23. The predicted octanol–water partition coefficient (Wildman–Crippen LogP) is 1.82. The minimum absolute atomic E-state index is 0.175. The van der Waals surface area contributed by atoms with Crippen LogP contribution in [0.3, 0.4) is 0 Å². The third-order valence-electron chi connectivity index (χ3n) is 2.60. The second kappa shape index (κ2) is 6.42. The summed E-state index contributed by atoms with van der Waals surface area (Å²) in [6.45, 7) is 3.92. The number of aromatic nitrogens is 2. The van der Waals surface area contributed by atoms with Gasteiger partial charge < -0.3 is 5.73 Å². The fourth-order valence-corrected chi connectivity index (χ4v) is 3.63. The van der Waals surface area contributed by atoms with Crippen molar-refractivity contribution in [3.8, 4) is 0 Å². The maximum atomic E-state index is 12.0. The fourth-order valence-electron chi connectivity index (χ4n) is 1.62. The van der Waals surface area contributed by atoms with E-state index in [-0.39, 0.29) is 4.90 Å².